The Morgan fingerprint density at radius 3 is 2.41 bits per heavy atom. The lowest BCUT2D eigenvalue weighted by Crippen LogP contribution is -2.19. The number of alkyl halides is 5. The second-order valence-electron chi connectivity index (χ2n) is 3.60. The van der Waals surface area contributed by atoms with Crippen molar-refractivity contribution in [3.63, 3.8) is 0 Å². The Bertz CT molecular complexity index is 594. The van der Waals surface area contributed by atoms with Gasteiger partial charge in [0.2, 0.25) is 0 Å². The van der Waals surface area contributed by atoms with Crippen molar-refractivity contribution in [1.29, 1.82) is 5.26 Å². The molecule has 0 unspecified atom stereocenters. The summed E-state index contributed by atoms with van der Waals surface area (Å²) in [6, 6.07) is 2.48. The van der Waals surface area contributed by atoms with Gasteiger partial charge in [0.1, 0.15) is 6.07 Å². The largest absolute Gasteiger partial charge is 0.573 e. The first-order chi connectivity index (χ1) is 10.2. The summed E-state index contributed by atoms with van der Waals surface area (Å²) in [6.07, 6.45) is -5.21. The van der Waals surface area contributed by atoms with Crippen molar-refractivity contribution < 1.29 is 41.0 Å². The van der Waals surface area contributed by atoms with Gasteiger partial charge in [0.15, 0.2) is 11.5 Å². The Morgan fingerprint density at radius 1 is 1.32 bits per heavy atom. The first-order valence-electron chi connectivity index (χ1n) is 5.63. The summed E-state index contributed by atoms with van der Waals surface area (Å²) in [5, 5.41) is 8.85. The van der Waals surface area contributed by atoms with E-state index in [0.29, 0.717) is 12.1 Å². The molecule has 0 aliphatic carbocycles. The molecular weight excluding hydrogens is 317 g/mol. The van der Waals surface area contributed by atoms with Gasteiger partial charge in [-0.1, -0.05) is 0 Å². The quantitative estimate of drug-likeness (QED) is 0.614. The maximum absolute atomic E-state index is 12.3. The third kappa shape index (κ3) is 4.76. The van der Waals surface area contributed by atoms with Gasteiger partial charge in [-0.05, 0) is 6.92 Å². The third-order valence-corrected chi connectivity index (χ3v) is 2.14. The fourth-order valence-corrected chi connectivity index (χ4v) is 1.42. The maximum Gasteiger partial charge on any atom is 0.573 e. The first kappa shape index (κ1) is 17.5. The molecule has 0 spiro atoms. The predicted molar refractivity (Wildman–Crippen MR) is 60.4 cm³/mol. The van der Waals surface area contributed by atoms with Gasteiger partial charge in [-0.15, -0.1) is 13.2 Å². The van der Waals surface area contributed by atoms with Crippen molar-refractivity contribution in [2.45, 2.75) is 19.9 Å². The average molecular weight is 325 g/mol. The number of rotatable bonds is 5. The van der Waals surface area contributed by atoms with Gasteiger partial charge in [-0.3, -0.25) is 0 Å². The van der Waals surface area contributed by atoms with Crippen LogP contribution in [0.5, 0.6) is 11.5 Å². The van der Waals surface area contributed by atoms with Crippen molar-refractivity contribution in [3.05, 3.63) is 23.3 Å². The summed E-state index contributed by atoms with van der Waals surface area (Å²) in [7, 11) is 0. The van der Waals surface area contributed by atoms with E-state index >= 15 is 0 Å². The van der Waals surface area contributed by atoms with Gasteiger partial charge >= 0.3 is 18.9 Å². The standard InChI is InChI=1S/C12H8F5NO4/c1-2-20-10(19)7-4-9(22-12(15,16)17)8(21-11(13)14)3-6(7)5-18/h3-4,11H,2H2,1H3. The molecule has 0 amide bonds. The minimum absolute atomic E-state index is 0.103. The van der Waals surface area contributed by atoms with Crippen molar-refractivity contribution >= 4 is 5.97 Å². The lowest BCUT2D eigenvalue weighted by Gasteiger charge is -2.15. The fraction of sp³-hybridized carbons (Fsp3) is 0.333. The van der Waals surface area contributed by atoms with E-state index in [2.05, 4.69) is 14.2 Å². The Labute approximate surface area is 120 Å². The molecule has 1 rings (SSSR count). The Kier molecular flexibility index (Phi) is 5.50. The van der Waals surface area contributed by atoms with E-state index in [9.17, 15) is 26.7 Å². The van der Waals surface area contributed by atoms with E-state index in [0.717, 1.165) is 0 Å². The van der Waals surface area contributed by atoms with Crippen LogP contribution in [0.4, 0.5) is 22.0 Å². The van der Waals surface area contributed by atoms with Crippen LogP contribution in [0.3, 0.4) is 0 Å². The van der Waals surface area contributed by atoms with Gasteiger partial charge in [0, 0.05) is 12.1 Å². The van der Waals surface area contributed by atoms with Gasteiger partial charge in [0.05, 0.1) is 17.7 Å². The number of carbonyl (C=O) groups excluding carboxylic acids is 1. The summed E-state index contributed by atoms with van der Waals surface area (Å²) in [5.74, 6) is -3.32. The van der Waals surface area contributed by atoms with Crippen LogP contribution >= 0.6 is 0 Å². The zero-order valence-corrected chi connectivity index (χ0v) is 10.9. The molecular formula is C12H8F5NO4. The summed E-state index contributed by atoms with van der Waals surface area (Å²) in [5.41, 5.74) is -1.06. The summed E-state index contributed by atoms with van der Waals surface area (Å²) in [6.45, 7) is -2.12. The molecule has 0 saturated heterocycles. The molecule has 22 heavy (non-hydrogen) atoms. The van der Waals surface area contributed by atoms with Crippen molar-refractivity contribution in [2.24, 2.45) is 0 Å². The average Bonchev–Trinajstić information content (AvgIpc) is 2.38. The molecule has 10 heteroatoms. The van der Waals surface area contributed by atoms with Crippen LogP contribution in [0.1, 0.15) is 22.8 Å². The van der Waals surface area contributed by atoms with Crippen LogP contribution in [0.25, 0.3) is 0 Å². The van der Waals surface area contributed by atoms with Crippen LogP contribution in [0.2, 0.25) is 0 Å². The minimum Gasteiger partial charge on any atom is -0.462 e. The number of hydrogen-bond donors (Lipinski definition) is 0. The SMILES string of the molecule is CCOC(=O)c1cc(OC(F)(F)F)c(OC(F)F)cc1C#N. The number of carbonyl (C=O) groups is 1. The van der Waals surface area contributed by atoms with E-state index in [4.69, 9.17) is 5.26 Å². The monoisotopic (exact) mass is 325 g/mol. The lowest BCUT2D eigenvalue weighted by molar-refractivity contribution is -0.275. The number of nitriles is 1. The normalized spacial score (nSPS) is 11.0. The summed E-state index contributed by atoms with van der Waals surface area (Å²) >= 11 is 0. The lowest BCUT2D eigenvalue weighted by atomic mass is 10.1. The molecule has 0 atom stereocenters. The third-order valence-electron chi connectivity index (χ3n) is 2.14. The smallest absolute Gasteiger partial charge is 0.462 e. The zero-order valence-electron chi connectivity index (χ0n) is 10.9. The molecule has 0 N–H and O–H groups in total. The highest BCUT2D eigenvalue weighted by Crippen LogP contribution is 2.36. The molecule has 0 heterocycles. The molecule has 0 radical (unpaired) electrons. The molecule has 0 saturated carbocycles. The highest BCUT2D eigenvalue weighted by Gasteiger charge is 2.34. The van der Waals surface area contributed by atoms with Gasteiger partial charge in [-0.2, -0.15) is 14.0 Å². The van der Waals surface area contributed by atoms with E-state index in [1.165, 1.54) is 13.0 Å². The predicted octanol–water partition coefficient (Wildman–Crippen LogP) is 3.23. The topological polar surface area (TPSA) is 68.6 Å². The minimum atomic E-state index is -5.21. The number of hydrogen-bond acceptors (Lipinski definition) is 5. The maximum atomic E-state index is 12.3. The molecule has 0 fully saturated rings. The Hall–Kier alpha value is -2.57. The van der Waals surface area contributed by atoms with E-state index in [1.807, 2.05) is 0 Å². The van der Waals surface area contributed by atoms with Crippen molar-refractivity contribution in [3.8, 4) is 17.6 Å². The first-order valence-corrected chi connectivity index (χ1v) is 5.63. The summed E-state index contributed by atoms with van der Waals surface area (Å²) < 4.78 is 73.2. The van der Waals surface area contributed by atoms with Crippen LogP contribution in [-0.2, 0) is 4.74 Å². The highest BCUT2D eigenvalue weighted by molar-refractivity contribution is 5.93. The van der Waals surface area contributed by atoms with E-state index in [1.54, 1.807) is 0 Å². The van der Waals surface area contributed by atoms with Crippen LogP contribution in [-0.4, -0.2) is 25.6 Å². The van der Waals surface area contributed by atoms with Crippen LogP contribution < -0.4 is 9.47 Å². The van der Waals surface area contributed by atoms with Gasteiger partial charge < -0.3 is 14.2 Å². The molecule has 5 nitrogen and oxygen atoms in total. The van der Waals surface area contributed by atoms with Crippen molar-refractivity contribution in [1.82, 2.24) is 0 Å². The van der Waals surface area contributed by atoms with E-state index < -0.39 is 41.6 Å². The summed E-state index contributed by atoms with van der Waals surface area (Å²) in [4.78, 5) is 11.6. The Morgan fingerprint density at radius 2 is 1.95 bits per heavy atom. The molecule has 0 aromatic heterocycles. The van der Waals surface area contributed by atoms with Crippen LogP contribution in [0.15, 0.2) is 12.1 Å². The fourth-order valence-electron chi connectivity index (χ4n) is 1.42. The van der Waals surface area contributed by atoms with Gasteiger partial charge in [-0.25, -0.2) is 4.79 Å². The second kappa shape index (κ2) is 6.93. The van der Waals surface area contributed by atoms with Crippen LogP contribution in [0, 0.1) is 11.3 Å². The van der Waals surface area contributed by atoms with E-state index in [-0.39, 0.29) is 6.61 Å². The Balaban J connectivity index is 3.39. The number of esters is 1. The number of ether oxygens (including phenoxy) is 3. The zero-order chi connectivity index (χ0) is 16.9. The molecule has 120 valence electrons. The highest BCUT2D eigenvalue weighted by atomic mass is 19.4. The molecule has 0 aliphatic rings. The van der Waals surface area contributed by atoms with Gasteiger partial charge in [0.25, 0.3) is 0 Å². The molecule has 0 aliphatic heterocycles. The number of nitrogens with zero attached hydrogens (tertiary/aromatic N) is 1. The molecule has 0 bridgehead atoms. The number of benzene rings is 1. The second-order valence-corrected chi connectivity index (χ2v) is 3.60. The van der Waals surface area contributed by atoms with Crippen molar-refractivity contribution in [2.75, 3.05) is 6.61 Å². The number of halogens is 5. The molecule has 1 aromatic rings. The molecule has 1 aromatic carbocycles.